The van der Waals surface area contributed by atoms with Crippen LogP contribution in [0.25, 0.3) is 0 Å². The monoisotopic (exact) mass is 374 g/mol. The molecule has 0 unspecified atom stereocenters. The van der Waals surface area contributed by atoms with Crippen molar-refractivity contribution in [2.24, 2.45) is 5.10 Å². The van der Waals surface area contributed by atoms with Crippen molar-refractivity contribution >= 4 is 51.8 Å². The fourth-order valence-electron chi connectivity index (χ4n) is 1.51. The summed E-state index contributed by atoms with van der Waals surface area (Å²) in [7, 11) is 1.63. The summed E-state index contributed by atoms with van der Waals surface area (Å²) in [6, 6.07) is 13.1. The zero-order chi connectivity index (χ0) is 13.7. The summed E-state index contributed by atoms with van der Waals surface area (Å²) in [6.45, 7) is 0. The fraction of sp³-hybridized carbons (Fsp3) is 0.0714. The number of ether oxygens (including phenoxy) is 1. The summed E-state index contributed by atoms with van der Waals surface area (Å²) in [5, 5.41) is 4.87. The Morgan fingerprint density at radius 3 is 2.55 bits per heavy atom. The van der Waals surface area contributed by atoms with E-state index >= 15 is 0 Å². The van der Waals surface area contributed by atoms with Gasteiger partial charge in [0, 0.05) is 15.1 Å². The zero-order valence-corrected chi connectivity index (χ0v) is 13.8. The molecule has 0 saturated heterocycles. The minimum Gasteiger partial charge on any atom is -0.496 e. The van der Waals surface area contributed by atoms with Crippen molar-refractivity contribution in [3.63, 3.8) is 0 Å². The third-order valence-electron chi connectivity index (χ3n) is 2.43. The first-order valence-electron chi connectivity index (χ1n) is 5.57. The number of hydrazone groups is 1. The summed E-state index contributed by atoms with van der Waals surface area (Å²) >= 11 is 9.23. The Hall–Kier alpha value is -1.23. The van der Waals surface area contributed by atoms with Gasteiger partial charge in [0.2, 0.25) is 0 Å². The predicted molar refractivity (Wildman–Crippen MR) is 90.6 cm³/mol. The summed E-state index contributed by atoms with van der Waals surface area (Å²) in [4.78, 5) is 0. The average Bonchev–Trinajstić information content (AvgIpc) is 2.41. The maximum atomic E-state index is 5.81. The maximum absolute atomic E-state index is 5.81. The largest absolute Gasteiger partial charge is 0.496 e. The first-order chi connectivity index (χ1) is 9.19. The van der Waals surface area contributed by atoms with E-state index in [9.17, 15) is 0 Å². The van der Waals surface area contributed by atoms with Gasteiger partial charge in [0.05, 0.1) is 19.0 Å². The second kappa shape index (κ2) is 8.15. The number of anilines is 1. The van der Waals surface area contributed by atoms with Gasteiger partial charge in [0.15, 0.2) is 0 Å². The lowest BCUT2D eigenvalue weighted by Gasteiger charge is -2.05. The van der Waals surface area contributed by atoms with E-state index in [0.717, 1.165) is 21.5 Å². The average molecular weight is 376 g/mol. The molecule has 0 saturated carbocycles. The minimum atomic E-state index is 0. The van der Waals surface area contributed by atoms with Crippen molar-refractivity contribution in [1.29, 1.82) is 0 Å². The lowest BCUT2D eigenvalue weighted by Crippen LogP contribution is -1.94. The second-order valence-corrected chi connectivity index (χ2v) is 5.12. The van der Waals surface area contributed by atoms with Gasteiger partial charge in [-0.1, -0.05) is 27.5 Å². The highest BCUT2D eigenvalue weighted by Gasteiger charge is 2.00. The molecule has 2 aromatic carbocycles. The van der Waals surface area contributed by atoms with Gasteiger partial charge in [-0.2, -0.15) is 5.10 Å². The second-order valence-electron chi connectivity index (χ2n) is 3.76. The summed E-state index contributed by atoms with van der Waals surface area (Å²) in [5.74, 6) is 0.768. The van der Waals surface area contributed by atoms with E-state index in [0.29, 0.717) is 5.02 Å². The number of halogens is 3. The molecule has 2 rings (SSSR count). The highest BCUT2D eigenvalue weighted by molar-refractivity contribution is 9.10. The van der Waals surface area contributed by atoms with Crippen LogP contribution in [-0.4, -0.2) is 13.3 Å². The minimum absolute atomic E-state index is 0. The standard InChI is InChI=1S/C14H12BrClN2O.ClH/c1-19-14-7-2-11(15)8-10(14)9-17-18-13-5-3-12(16)4-6-13;/h2-9,18H,1H3;1H/b17-9+;. The van der Waals surface area contributed by atoms with Gasteiger partial charge >= 0.3 is 0 Å². The van der Waals surface area contributed by atoms with Gasteiger partial charge in [-0.15, -0.1) is 12.4 Å². The van der Waals surface area contributed by atoms with E-state index in [2.05, 4.69) is 26.5 Å². The van der Waals surface area contributed by atoms with Gasteiger partial charge in [-0.25, -0.2) is 0 Å². The van der Waals surface area contributed by atoms with E-state index in [1.807, 2.05) is 30.3 Å². The number of hydrogen-bond donors (Lipinski definition) is 1. The van der Waals surface area contributed by atoms with Crippen LogP contribution in [0, 0.1) is 0 Å². The number of methoxy groups -OCH3 is 1. The Balaban J connectivity index is 0.00000200. The number of hydrogen-bond acceptors (Lipinski definition) is 3. The molecule has 0 atom stereocenters. The topological polar surface area (TPSA) is 33.6 Å². The van der Waals surface area contributed by atoms with Crippen LogP contribution in [0.2, 0.25) is 5.02 Å². The maximum Gasteiger partial charge on any atom is 0.127 e. The molecule has 0 amide bonds. The van der Waals surface area contributed by atoms with Gasteiger partial charge in [0.25, 0.3) is 0 Å². The molecule has 0 aliphatic heterocycles. The Kier molecular flexibility index (Phi) is 6.85. The molecular weight excluding hydrogens is 363 g/mol. The van der Waals surface area contributed by atoms with Crippen molar-refractivity contribution in [2.75, 3.05) is 12.5 Å². The van der Waals surface area contributed by atoms with Crippen LogP contribution in [0.4, 0.5) is 5.69 Å². The molecule has 0 aromatic heterocycles. The van der Waals surface area contributed by atoms with E-state index in [1.54, 1.807) is 25.5 Å². The normalized spacial score (nSPS) is 10.2. The summed E-state index contributed by atoms with van der Waals surface area (Å²) in [6.07, 6.45) is 1.71. The molecule has 1 N–H and O–H groups in total. The highest BCUT2D eigenvalue weighted by atomic mass is 79.9. The van der Waals surface area contributed by atoms with E-state index in [4.69, 9.17) is 16.3 Å². The highest BCUT2D eigenvalue weighted by Crippen LogP contribution is 2.21. The molecule has 6 heteroatoms. The molecule has 2 aromatic rings. The quantitative estimate of drug-likeness (QED) is 0.603. The Morgan fingerprint density at radius 2 is 1.90 bits per heavy atom. The van der Waals surface area contributed by atoms with Crippen molar-refractivity contribution in [3.05, 3.63) is 57.5 Å². The van der Waals surface area contributed by atoms with E-state index in [-0.39, 0.29) is 12.4 Å². The third kappa shape index (κ3) is 4.71. The molecule has 106 valence electrons. The van der Waals surface area contributed by atoms with E-state index in [1.165, 1.54) is 0 Å². The number of rotatable bonds is 4. The first kappa shape index (κ1) is 16.8. The van der Waals surface area contributed by atoms with Crippen LogP contribution in [0.5, 0.6) is 5.75 Å². The molecule has 0 fully saturated rings. The SMILES string of the molecule is COc1ccc(Br)cc1/C=N/Nc1ccc(Cl)cc1.Cl. The van der Waals surface area contributed by atoms with E-state index < -0.39 is 0 Å². The van der Waals surface area contributed by atoms with Crippen molar-refractivity contribution in [3.8, 4) is 5.75 Å². The van der Waals surface area contributed by atoms with Crippen molar-refractivity contribution in [1.82, 2.24) is 0 Å². The van der Waals surface area contributed by atoms with Crippen molar-refractivity contribution in [2.45, 2.75) is 0 Å². The third-order valence-corrected chi connectivity index (χ3v) is 3.18. The lowest BCUT2D eigenvalue weighted by molar-refractivity contribution is 0.414. The number of benzene rings is 2. The zero-order valence-electron chi connectivity index (χ0n) is 10.6. The molecule has 0 aliphatic carbocycles. The van der Waals surface area contributed by atoms with Crippen LogP contribution in [0.15, 0.2) is 52.0 Å². The molecule has 3 nitrogen and oxygen atoms in total. The Labute approximate surface area is 137 Å². The number of nitrogens with zero attached hydrogens (tertiary/aromatic N) is 1. The molecule has 0 heterocycles. The van der Waals surface area contributed by atoms with Crippen LogP contribution in [-0.2, 0) is 0 Å². The van der Waals surface area contributed by atoms with Crippen LogP contribution in [0.1, 0.15) is 5.56 Å². The van der Waals surface area contributed by atoms with Gasteiger partial charge < -0.3 is 4.74 Å². The Morgan fingerprint density at radius 1 is 1.20 bits per heavy atom. The molecular formula is C14H13BrCl2N2O. The summed E-state index contributed by atoms with van der Waals surface area (Å²) in [5.41, 5.74) is 4.69. The van der Waals surface area contributed by atoms with Gasteiger partial charge in [-0.05, 0) is 42.5 Å². The fourth-order valence-corrected chi connectivity index (χ4v) is 2.01. The van der Waals surface area contributed by atoms with Crippen LogP contribution >= 0.6 is 39.9 Å². The smallest absolute Gasteiger partial charge is 0.127 e. The van der Waals surface area contributed by atoms with Crippen LogP contribution < -0.4 is 10.2 Å². The molecule has 0 spiro atoms. The predicted octanol–water partition coefficient (Wildman–Crippen LogP) is 4.98. The lowest BCUT2D eigenvalue weighted by atomic mass is 10.2. The van der Waals surface area contributed by atoms with Crippen LogP contribution in [0.3, 0.4) is 0 Å². The summed E-state index contributed by atoms with van der Waals surface area (Å²) < 4.78 is 6.23. The molecule has 0 aliphatic rings. The Bertz CT molecular complexity index is 588. The van der Waals surface area contributed by atoms with Crippen molar-refractivity contribution < 1.29 is 4.74 Å². The number of nitrogens with one attached hydrogen (secondary N) is 1. The van der Waals surface area contributed by atoms with Gasteiger partial charge in [-0.3, -0.25) is 5.43 Å². The van der Waals surface area contributed by atoms with Gasteiger partial charge in [0.1, 0.15) is 5.75 Å². The first-order valence-corrected chi connectivity index (χ1v) is 6.74. The molecule has 20 heavy (non-hydrogen) atoms. The molecule has 0 radical (unpaired) electrons. The molecule has 0 bridgehead atoms.